The van der Waals surface area contributed by atoms with Gasteiger partial charge in [0.05, 0.1) is 5.69 Å². The summed E-state index contributed by atoms with van der Waals surface area (Å²) in [6.07, 6.45) is 1.54. The Bertz CT molecular complexity index is 1040. The van der Waals surface area contributed by atoms with E-state index in [9.17, 15) is 4.79 Å². The fourth-order valence-corrected chi connectivity index (χ4v) is 2.51. The molecule has 27 heavy (non-hydrogen) atoms. The third kappa shape index (κ3) is 3.43. The molecule has 0 bridgehead atoms. The first kappa shape index (κ1) is 16.6. The third-order valence-electron chi connectivity index (χ3n) is 4.00. The molecule has 0 saturated heterocycles. The smallest absolute Gasteiger partial charge is 0.253 e. The Labute approximate surface area is 154 Å². The van der Waals surface area contributed by atoms with Gasteiger partial charge in [-0.05, 0) is 24.3 Å². The van der Waals surface area contributed by atoms with Crippen LogP contribution in [0.5, 0.6) is 0 Å². The molecular formula is C18H16N8O. The van der Waals surface area contributed by atoms with Crippen LogP contribution in [0.4, 0.5) is 5.95 Å². The number of carbonyl (C=O) groups excluding carboxylic acids is 1. The SMILES string of the molecule is C[C@@H](C(=O)Nc1nncn1-c1ccccc1)n1nnc(-c2ccccc2)n1. The van der Waals surface area contributed by atoms with Crippen LogP contribution in [0.3, 0.4) is 0 Å². The zero-order valence-electron chi connectivity index (χ0n) is 14.5. The first-order valence-electron chi connectivity index (χ1n) is 8.33. The molecule has 1 atom stereocenters. The first-order chi connectivity index (χ1) is 13.2. The first-order valence-corrected chi connectivity index (χ1v) is 8.33. The number of nitrogens with zero attached hydrogens (tertiary/aromatic N) is 7. The average Bonchev–Trinajstić information content (AvgIpc) is 3.38. The highest BCUT2D eigenvalue weighted by Crippen LogP contribution is 2.16. The summed E-state index contributed by atoms with van der Waals surface area (Å²) in [4.78, 5) is 13.9. The number of aromatic nitrogens is 7. The van der Waals surface area contributed by atoms with Crippen molar-refractivity contribution < 1.29 is 4.79 Å². The summed E-state index contributed by atoms with van der Waals surface area (Å²) in [7, 11) is 0. The lowest BCUT2D eigenvalue weighted by Crippen LogP contribution is -2.26. The molecule has 2 heterocycles. The quantitative estimate of drug-likeness (QED) is 0.585. The number of para-hydroxylation sites is 1. The van der Waals surface area contributed by atoms with Gasteiger partial charge in [-0.3, -0.25) is 14.7 Å². The van der Waals surface area contributed by atoms with Gasteiger partial charge in [-0.1, -0.05) is 48.5 Å². The Morgan fingerprint density at radius 2 is 1.70 bits per heavy atom. The van der Waals surface area contributed by atoms with E-state index < -0.39 is 6.04 Å². The maximum absolute atomic E-state index is 12.6. The predicted octanol–water partition coefficient (Wildman–Crippen LogP) is 2.12. The number of benzene rings is 2. The number of nitrogens with one attached hydrogen (secondary N) is 1. The van der Waals surface area contributed by atoms with E-state index in [-0.39, 0.29) is 5.91 Å². The van der Waals surface area contributed by atoms with Crippen LogP contribution in [-0.2, 0) is 4.79 Å². The van der Waals surface area contributed by atoms with Gasteiger partial charge >= 0.3 is 0 Å². The molecular weight excluding hydrogens is 344 g/mol. The van der Waals surface area contributed by atoms with E-state index in [0.29, 0.717) is 11.8 Å². The number of anilines is 1. The van der Waals surface area contributed by atoms with Crippen LogP contribution in [0.1, 0.15) is 13.0 Å². The highest BCUT2D eigenvalue weighted by Gasteiger charge is 2.21. The minimum absolute atomic E-state index is 0.321. The summed E-state index contributed by atoms with van der Waals surface area (Å²) in [5.41, 5.74) is 1.68. The van der Waals surface area contributed by atoms with Gasteiger partial charge < -0.3 is 0 Å². The standard InChI is InChI=1S/C18H16N8O/c1-13(26-23-16(21-24-26)14-8-4-2-5-9-14)17(27)20-18-22-19-12-25(18)15-10-6-3-7-11-15/h2-13H,1H3,(H,20,22,27)/t13-/m0/s1. The van der Waals surface area contributed by atoms with Crippen molar-refractivity contribution in [3.05, 3.63) is 67.0 Å². The van der Waals surface area contributed by atoms with E-state index in [1.165, 1.54) is 11.1 Å². The highest BCUT2D eigenvalue weighted by molar-refractivity contribution is 5.92. The molecule has 1 N–H and O–H groups in total. The van der Waals surface area contributed by atoms with Gasteiger partial charge in [0, 0.05) is 5.56 Å². The maximum atomic E-state index is 12.6. The van der Waals surface area contributed by atoms with Crippen LogP contribution in [0.2, 0.25) is 0 Å². The molecule has 0 aliphatic carbocycles. The van der Waals surface area contributed by atoms with Crippen molar-refractivity contribution >= 4 is 11.9 Å². The number of amides is 1. The Balaban J connectivity index is 1.51. The number of hydrogen-bond donors (Lipinski definition) is 1. The molecule has 0 aliphatic heterocycles. The zero-order chi connectivity index (χ0) is 18.6. The van der Waals surface area contributed by atoms with Crippen molar-refractivity contribution in [2.45, 2.75) is 13.0 Å². The van der Waals surface area contributed by atoms with E-state index in [0.717, 1.165) is 11.3 Å². The monoisotopic (exact) mass is 360 g/mol. The van der Waals surface area contributed by atoms with Crippen molar-refractivity contribution in [2.24, 2.45) is 0 Å². The molecule has 0 unspecified atom stereocenters. The zero-order valence-corrected chi connectivity index (χ0v) is 14.5. The topological polar surface area (TPSA) is 103 Å². The minimum Gasteiger partial charge on any atom is -0.292 e. The summed E-state index contributed by atoms with van der Waals surface area (Å²) < 4.78 is 1.69. The second-order valence-electron chi connectivity index (χ2n) is 5.82. The number of rotatable bonds is 5. The Hall–Kier alpha value is -3.88. The minimum atomic E-state index is -0.670. The summed E-state index contributed by atoms with van der Waals surface area (Å²) in [6, 6.07) is 18.3. The fourth-order valence-electron chi connectivity index (χ4n) is 2.51. The Morgan fingerprint density at radius 1 is 1.00 bits per heavy atom. The lowest BCUT2D eigenvalue weighted by molar-refractivity contribution is -0.119. The van der Waals surface area contributed by atoms with Crippen LogP contribution in [0.15, 0.2) is 67.0 Å². The molecule has 9 heteroatoms. The summed E-state index contributed by atoms with van der Waals surface area (Å²) in [6.45, 7) is 1.69. The van der Waals surface area contributed by atoms with Crippen molar-refractivity contribution in [1.29, 1.82) is 0 Å². The van der Waals surface area contributed by atoms with Gasteiger partial charge in [-0.2, -0.15) is 4.80 Å². The van der Waals surface area contributed by atoms with Crippen LogP contribution in [0.25, 0.3) is 17.1 Å². The second-order valence-corrected chi connectivity index (χ2v) is 5.82. The molecule has 0 spiro atoms. The van der Waals surface area contributed by atoms with Gasteiger partial charge in [-0.15, -0.1) is 20.4 Å². The molecule has 2 aromatic carbocycles. The number of tetrazole rings is 1. The van der Waals surface area contributed by atoms with Gasteiger partial charge in [0.2, 0.25) is 11.8 Å². The third-order valence-corrected chi connectivity index (χ3v) is 4.00. The Kier molecular flexibility index (Phi) is 4.40. The molecule has 0 fully saturated rings. The lowest BCUT2D eigenvalue weighted by Gasteiger charge is -2.11. The van der Waals surface area contributed by atoms with Crippen molar-refractivity contribution in [3.63, 3.8) is 0 Å². The summed E-state index contributed by atoms with van der Waals surface area (Å²) in [5, 5.41) is 22.9. The lowest BCUT2D eigenvalue weighted by atomic mass is 10.2. The van der Waals surface area contributed by atoms with E-state index >= 15 is 0 Å². The largest absolute Gasteiger partial charge is 0.292 e. The molecule has 0 saturated carbocycles. The van der Waals surface area contributed by atoms with Gasteiger partial charge in [0.15, 0.2) is 0 Å². The predicted molar refractivity (Wildman–Crippen MR) is 98.0 cm³/mol. The molecule has 0 radical (unpaired) electrons. The maximum Gasteiger partial charge on any atom is 0.253 e. The molecule has 134 valence electrons. The molecule has 2 aromatic heterocycles. The molecule has 1 amide bonds. The molecule has 9 nitrogen and oxygen atoms in total. The van der Waals surface area contributed by atoms with Crippen LogP contribution >= 0.6 is 0 Å². The average molecular weight is 360 g/mol. The van der Waals surface area contributed by atoms with E-state index in [1.54, 1.807) is 11.5 Å². The van der Waals surface area contributed by atoms with Gasteiger partial charge in [0.25, 0.3) is 5.91 Å². The van der Waals surface area contributed by atoms with E-state index in [4.69, 9.17) is 0 Å². The van der Waals surface area contributed by atoms with Crippen LogP contribution in [0, 0.1) is 0 Å². The number of hydrogen-bond acceptors (Lipinski definition) is 6. The number of carbonyl (C=O) groups is 1. The highest BCUT2D eigenvalue weighted by atomic mass is 16.2. The van der Waals surface area contributed by atoms with Crippen molar-refractivity contribution in [1.82, 2.24) is 35.0 Å². The molecule has 0 aliphatic rings. The summed E-state index contributed by atoms with van der Waals surface area (Å²) in [5.74, 6) is 0.460. The van der Waals surface area contributed by atoms with Crippen molar-refractivity contribution in [2.75, 3.05) is 5.32 Å². The summed E-state index contributed by atoms with van der Waals surface area (Å²) >= 11 is 0. The van der Waals surface area contributed by atoms with Gasteiger partial charge in [0.1, 0.15) is 12.4 Å². The molecule has 4 aromatic rings. The second kappa shape index (κ2) is 7.16. The van der Waals surface area contributed by atoms with Gasteiger partial charge in [-0.25, -0.2) is 0 Å². The van der Waals surface area contributed by atoms with E-state index in [1.807, 2.05) is 60.7 Å². The van der Waals surface area contributed by atoms with Crippen LogP contribution < -0.4 is 5.32 Å². The normalized spacial score (nSPS) is 11.9. The fraction of sp³-hybridized carbons (Fsp3) is 0.111. The van der Waals surface area contributed by atoms with Crippen LogP contribution in [-0.4, -0.2) is 40.9 Å². The van der Waals surface area contributed by atoms with Crippen molar-refractivity contribution in [3.8, 4) is 17.1 Å². The van der Waals surface area contributed by atoms with E-state index in [2.05, 4.69) is 30.9 Å². The molecule has 4 rings (SSSR count). The Morgan fingerprint density at radius 3 is 2.44 bits per heavy atom.